The van der Waals surface area contributed by atoms with E-state index in [2.05, 4.69) is 20.3 Å². The number of piperidine rings is 1. The highest BCUT2D eigenvalue weighted by molar-refractivity contribution is 7.90. The van der Waals surface area contributed by atoms with Crippen molar-refractivity contribution in [2.45, 2.75) is 110 Å². The monoisotopic (exact) mass is 754 g/mol. The summed E-state index contributed by atoms with van der Waals surface area (Å²) >= 11 is 1.23. The van der Waals surface area contributed by atoms with E-state index in [1.54, 1.807) is 13.8 Å². The number of nitrogens with one attached hydrogen (secondary N) is 4. The van der Waals surface area contributed by atoms with Crippen molar-refractivity contribution in [1.29, 1.82) is 5.41 Å². The van der Waals surface area contributed by atoms with E-state index in [1.165, 1.54) is 16.2 Å². The van der Waals surface area contributed by atoms with Crippen LogP contribution < -0.4 is 20.1 Å². The van der Waals surface area contributed by atoms with Gasteiger partial charge in [-0.1, -0.05) is 32.9 Å². The summed E-state index contributed by atoms with van der Waals surface area (Å²) in [7, 11) is -4.13. The number of carbonyl (C=O) groups excluding carboxylic acids is 2. The van der Waals surface area contributed by atoms with Crippen LogP contribution in [0.5, 0.6) is 5.75 Å². The molecular formula is C37H50N6O7S2. The number of carbonyl (C=O) groups is 3. The maximum atomic E-state index is 13.9. The number of carboxylic acid groups (broad SMARTS) is 1. The molecule has 15 heteroatoms. The van der Waals surface area contributed by atoms with Gasteiger partial charge in [-0.25, -0.2) is 22.9 Å². The van der Waals surface area contributed by atoms with Crippen LogP contribution in [0.3, 0.4) is 0 Å². The van der Waals surface area contributed by atoms with Crippen molar-refractivity contribution < 1.29 is 32.6 Å². The fraction of sp³-hybridized carbons (Fsp3) is 0.541. The fourth-order valence-corrected chi connectivity index (χ4v) is 10.1. The lowest BCUT2D eigenvalue weighted by molar-refractivity contribution is -0.131. The molecule has 1 aromatic heterocycles. The maximum absolute atomic E-state index is 13.9. The van der Waals surface area contributed by atoms with Crippen LogP contribution in [0, 0.1) is 37.5 Å². The SMILES string of the molecule is Cc1c(C)c(S(=O)(=O)NC(=N)NCCC[C@H](NC(=O)[C@H]2CCCN(C(=O)O)C2C(C)(C)C)C(=O)c2nc3ccccc3s2)c(C)c2c1OC(C)(C)C2. The second-order valence-corrected chi connectivity index (χ2v) is 18.2. The van der Waals surface area contributed by atoms with Crippen LogP contribution in [0.1, 0.15) is 92.4 Å². The number of benzene rings is 2. The molecule has 2 aliphatic rings. The number of rotatable bonds is 10. The first kappa shape index (κ1) is 39.0. The Morgan fingerprint density at radius 2 is 1.83 bits per heavy atom. The van der Waals surface area contributed by atoms with Crippen molar-refractivity contribution in [3.63, 3.8) is 0 Å². The predicted molar refractivity (Wildman–Crippen MR) is 201 cm³/mol. The van der Waals surface area contributed by atoms with E-state index in [1.807, 2.05) is 65.8 Å². The van der Waals surface area contributed by atoms with Crippen LogP contribution in [0.4, 0.5) is 4.79 Å². The highest BCUT2D eigenvalue weighted by Crippen LogP contribution is 2.44. The summed E-state index contributed by atoms with van der Waals surface area (Å²) < 4.78 is 36.6. The molecule has 5 rings (SSSR count). The van der Waals surface area contributed by atoms with E-state index in [4.69, 9.17) is 10.1 Å². The van der Waals surface area contributed by atoms with Gasteiger partial charge in [0.05, 0.1) is 33.1 Å². The summed E-state index contributed by atoms with van der Waals surface area (Å²) in [5.41, 5.74) is 2.41. The highest BCUT2D eigenvalue weighted by Gasteiger charge is 2.45. The van der Waals surface area contributed by atoms with Gasteiger partial charge in [0.1, 0.15) is 11.4 Å². The smallest absolute Gasteiger partial charge is 0.407 e. The van der Waals surface area contributed by atoms with E-state index in [0.717, 1.165) is 15.8 Å². The Morgan fingerprint density at radius 1 is 1.13 bits per heavy atom. The molecule has 3 atom stereocenters. The van der Waals surface area contributed by atoms with Crippen LogP contribution >= 0.6 is 11.3 Å². The van der Waals surface area contributed by atoms with Gasteiger partial charge in [-0.05, 0) is 94.5 Å². The minimum atomic E-state index is -4.13. The molecule has 2 amide bonds. The third-order valence-corrected chi connectivity index (χ3v) is 12.7. The van der Waals surface area contributed by atoms with Crippen molar-refractivity contribution in [3.8, 4) is 5.75 Å². The third kappa shape index (κ3) is 8.04. The largest absolute Gasteiger partial charge is 0.487 e. The normalized spacial score (nSPS) is 19.0. The standard InChI is InChI=1S/C37H50N6O7S2/c1-20-21(2)30(22(3)24-19-37(7,8)50-29(20)24)52(48,49)42-34(38)39-17-11-15-26(28(44)33-41-25-14-9-10-16-27(25)51-33)40-32(45)23-13-12-18-43(35(46)47)31(23)36(4,5)6/h9-10,14,16,23,26,31H,11-13,15,17-19H2,1-8H3,(H,40,45)(H,46,47)(H3,38,39,42)/t23-,26-,31?/m0/s1. The average Bonchev–Trinajstić information content (AvgIpc) is 3.64. The van der Waals surface area contributed by atoms with E-state index in [0.29, 0.717) is 54.6 Å². The molecule has 3 aromatic rings. The first-order valence-electron chi connectivity index (χ1n) is 17.6. The van der Waals surface area contributed by atoms with Crippen LogP contribution in [-0.2, 0) is 21.2 Å². The zero-order valence-electron chi connectivity index (χ0n) is 31.1. The van der Waals surface area contributed by atoms with Crippen LogP contribution in [-0.4, -0.2) is 77.9 Å². The summed E-state index contributed by atoms with van der Waals surface area (Å²) in [6.07, 6.45) is 0.940. The summed E-state index contributed by atoms with van der Waals surface area (Å²) in [5.74, 6) is -1.14. The molecule has 0 radical (unpaired) electrons. The molecule has 2 aliphatic heterocycles. The van der Waals surface area contributed by atoms with Gasteiger partial charge >= 0.3 is 6.09 Å². The Hall–Kier alpha value is -4.24. The van der Waals surface area contributed by atoms with Gasteiger partial charge < -0.3 is 25.4 Å². The number of aromatic nitrogens is 1. The number of amides is 2. The molecule has 1 saturated heterocycles. The Bertz CT molecular complexity index is 1980. The molecule has 0 bridgehead atoms. The topological polar surface area (TPSA) is 191 Å². The fourth-order valence-electron chi connectivity index (χ4n) is 7.62. The zero-order chi connectivity index (χ0) is 38.3. The number of ether oxygens (including phenoxy) is 1. The summed E-state index contributed by atoms with van der Waals surface area (Å²) in [6, 6.07) is 5.80. The third-order valence-electron chi connectivity index (χ3n) is 10.0. The molecule has 3 heterocycles. The zero-order valence-corrected chi connectivity index (χ0v) is 32.7. The van der Waals surface area contributed by atoms with Gasteiger partial charge in [-0.3, -0.25) is 15.0 Å². The lowest BCUT2D eigenvalue weighted by atomic mass is 9.73. The quantitative estimate of drug-likeness (QED) is 0.0749. The number of hydrogen-bond acceptors (Lipinski definition) is 9. The number of Topliss-reactive ketones (excluding diaryl/α,β-unsaturated/α-hetero) is 1. The van der Waals surface area contributed by atoms with Crippen LogP contribution in [0.15, 0.2) is 29.2 Å². The molecule has 52 heavy (non-hydrogen) atoms. The number of fused-ring (bicyclic) bond motifs is 2. The second-order valence-electron chi connectivity index (χ2n) is 15.5. The predicted octanol–water partition coefficient (Wildman–Crippen LogP) is 5.69. The van der Waals surface area contributed by atoms with Gasteiger partial charge in [0.2, 0.25) is 17.6 Å². The van der Waals surface area contributed by atoms with E-state index in [-0.39, 0.29) is 28.7 Å². The molecule has 5 N–H and O–H groups in total. The summed E-state index contributed by atoms with van der Waals surface area (Å²) in [6.45, 7) is 15.4. The molecule has 282 valence electrons. The van der Waals surface area contributed by atoms with Crippen molar-refractivity contribution in [1.82, 2.24) is 25.2 Å². The minimum absolute atomic E-state index is 0.124. The molecule has 0 spiro atoms. The summed E-state index contributed by atoms with van der Waals surface area (Å²) in [4.78, 5) is 46.0. The van der Waals surface area contributed by atoms with Crippen LogP contribution in [0.2, 0.25) is 0 Å². The number of nitrogens with zero attached hydrogens (tertiary/aromatic N) is 2. The number of sulfonamides is 1. The number of guanidine groups is 1. The lowest BCUT2D eigenvalue weighted by Gasteiger charge is -2.46. The Morgan fingerprint density at radius 3 is 2.48 bits per heavy atom. The molecule has 1 unspecified atom stereocenters. The van der Waals surface area contributed by atoms with Crippen molar-refractivity contribution in [2.75, 3.05) is 13.1 Å². The molecule has 1 fully saturated rings. The van der Waals surface area contributed by atoms with Crippen molar-refractivity contribution in [2.24, 2.45) is 11.3 Å². The molecule has 13 nitrogen and oxygen atoms in total. The minimum Gasteiger partial charge on any atom is -0.487 e. The van der Waals surface area contributed by atoms with Gasteiger partial charge in [0.15, 0.2) is 5.01 Å². The maximum Gasteiger partial charge on any atom is 0.407 e. The molecule has 2 aromatic carbocycles. The van der Waals surface area contributed by atoms with Gasteiger partial charge in [0.25, 0.3) is 10.0 Å². The number of likely N-dealkylation sites (tertiary alicyclic amines) is 1. The highest BCUT2D eigenvalue weighted by atomic mass is 32.2. The van der Waals surface area contributed by atoms with Crippen molar-refractivity contribution in [3.05, 3.63) is 51.5 Å². The van der Waals surface area contributed by atoms with E-state index < -0.39 is 57.0 Å². The Labute approximate surface area is 309 Å². The van der Waals surface area contributed by atoms with E-state index >= 15 is 0 Å². The first-order chi connectivity index (χ1) is 24.2. The summed E-state index contributed by atoms with van der Waals surface area (Å²) in [5, 5.41) is 24.4. The number of para-hydroxylation sites is 1. The van der Waals surface area contributed by atoms with Gasteiger partial charge in [0, 0.05) is 25.1 Å². The van der Waals surface area contributed by atoms with E-state index in [9.17, 15) is 27.9 Å². The van der Waals surface area contributed by atoms with Gasteiger partial charge in [-0.2, -0.15) is 0 Å². The Kier molecular flexibility index (Phi) is 11.0. The average molecular weight is 755 g/mol. The second kappa shape index (κ2) is 14.6. The molecule has 0 aliphatic carbocycles. The number of ketones is 1. The molecule has 0 saturated carbocycles. The first-order valence-corrected chi connectivity index (χ1v) is 19.9. The number of thiazole rings is 1. The lowest BCUT2D eigenvalue weighted by Crippen LogP contribution is -2.59. The Balaban J connectivity index is 1.29. The van der Waals surface area contributed by atoms with Crippen molar-refractivity contribution >= 4 is 55.3 Å². The molecular weight excluding hydrogens is 705 g/mol. The van der Waals surface area contributed by atoms with Crippen LogP contribution in [0.25, 0.3) is 10.2 Å². The van der Waals surface area contributed by atoms with Gasteiger partial charge in [-0.15, -0.1) is 11.3 Å². The number of hydrogen-bond donors (Lipinski definition) is 5.